The summed E-state index contributed by atoms with van der Waals surface area (Å²) >= 11 is 1.11. The normalized spacial score (nSPS) is 12.4. The van der Waals surface area contributed by atoms with Crippen molar-refractivity contribution in [1.29, 1.82) is 0 Å². The number of hydrogen-bond donors (Lipinski definition) is 2. The highest BCUT2D eigenvalue weighted by Gasteiger charge is 2.26. The van der Waals surface area contributed by atoms with Gasteiger partial charge in [0.1, 0.15) is 10.3 Å². The summed E-state index contributed by atoms with van der Waals surface area (Å²) < 4.78 is 27.9. The van der Waals surface area contributed by atoms with Crippen LogP contribution in [0.1, 0.15) is 11.1 Å². The fraction of sp³-hybridized carbons (Fsp3) is 0.158. The van der Waals surface area contributed by atoms with Gasteiger partial charge in [0.05, 0.1) is 0 Å². The topological polar surface area (TPSA) is 88.2 Å². The number of pyridine rings is 1. The zero-order valence-corrected chi connectivity index (χ0v) is 16.0. The van der Waals surface area contributed by atoms with Gasteiger partial charge >= 0.3 is 0 Å². The number of aromatic nitrogens is 1. The molecule has 2 aromatic heterocycles. The van der Waals surface area contributed by atoms with Crippen LogP contribution in [0.15, 0.2) is 76.6 Å². The first kappa shape index (κ1) is 19.2. The van der Waals surface area contributed by atoms with E-state index >= 15 is 0 Å². The average molecular weight is 402 g/mol. The van der Waals surface area contributed by atoms with Gasteiger partial charge in [-0.25, -0.2) is 8.42 Å². The van der Waals surface area contributed by atoms with Crippen LogP contribution in [0.2, 0.25) is 0 Å². The lowest BCUT2D eigenvalue weighted by Gasteiger charge is -2.18. The molecule has 0 saturated carbocycles. The minimum Gasteiger partial charge on any atom is -0.351 e. The highest BCUT2D eigenvalue weighted by molar-refractivity contribution is 7.91. The molecule has 8 heteroatoms. The van der Waals surface area contributed by atoms with Crippen molar-refractivity contribution in [2.24, 2.45) is 0 Å². The Labute approximate surface area is 162 Å². The number of carbonyl (C=O) groups is 1. The van der Waals surface area contributed by atoms with Crippen LogP contribution in [-0.2, 0) is 27.8 Å². The third-order valence-corrected chi connectivity index (χ3v) is 6.72. The third kappa shape index (κ3) is 5.46. The van der Waals surface area contributed by atoms with E-state index in [9.17, 15) is 13.2 Å². The van der Waals surface area contributed by atoms with Gasteiger partial charge in [-0.2, -0.15) is 4.72 Å². The summed E-state index contributed by atoms with van der Waals surface area (Å²) in [5, 5.41) is 4.47. The van der Waals surface area contributed by atoms with Crippen molar-refractivity contribution in [3.63, 3.8) is 0 Å². The molecule has 0 aliphatic rings. The molecule has 2 N–H and O–H groups in total. The quantitative estimate of drug-likeness (QED) is 0.606. The summed E-state index contributed by atoms with van der Waals surface area (Å²) in [7, 11) is -3.77. The monoisotopic (exact) mass is 401 g/mol. The summed E-state index contributed by atoms with van der Waals surface area (Å²) in [6, 6.07) is 15.2. The number of carbonyl (C=O) groups excluding carboxylic acids is 1. The van der Waals surface area contributed by atoms with Gasteiger partial charge in [-0.3, -0.25) is 9.78 Å². The molecule has 0 saturated heterocycles. The Morgan fingerprint density at radius 1 is 1.04 bits per heavy atom. The van der Waals surface area contributed by atoms with Crippen LogP contribution in [0.25, 0.3) is 0 Å². The Kier molecular flexibility index (Phi) is 6.33. The predicted molar refractivity (Wildman–Crippen MR) is 105 cm³/mol. The van der Waals surface area contributed by atoms with Crippen LogP contribution in [0.3, 0.4) is 0 Å². The molecule has 27 heavy (non-hydrogen) atoms. The van der Waals surface area contributed by atoms with Crippen molar-refractivity contribution < 1.29 is 13.2 Å². The molecule has 0 radical (unpaired) electrons. The first-order valence-electron chi connectivity index (χ1n) is 8.31. The van der Waals surface area contributed by atoms with E-state index in [0.717, 1.165) is 22.5 Å². The standard InChI is InChI=1S/C19H19N3O3S2/c23-19(21-14-16-8-4-10-20-13-16)17(12-15-6-2-1-3-7-15)22-27(24,25)18-9-5-11-26-18/h1-11,13,17,22H,12,14H2,(H,21,23)/t17-/m1/s1. The zero-order chi connectivity index (χ0) is 19.1. The summed E-state index contributed by atoms with van der Waals surface area (Å²) in [5.41, 5.74) is 1.71. The molecular formula is C19H19N3O3S2. The number of thiophene rings is 1. The molecule has 2 heterocycles. The molecule has 0 aliphatic heterocycles. The van der Waals surface area contributed by atoms with E-state index in [1.807, 2.05) is 36.4 Å². The molecule has 0 aliphatic carbocycles. The molecule has 140 valence electrons. The van der Waals surface area contributed by atoms with Gasteiger partial charge in [0.25, 0.3) is 10.0 Å². The van der Waals surface area contributed by atoms with Crippen molar-refractivity contribution in [2.45, 2.75) is 23.2 Å². The van der Waals surface area contributed by atoms with Crippen molar-refractivity contribution in [2.75, 3.05) is 0 Å². The molecule has 1 aromatic carbocycles. The van der Waals surface area contributed by atoms with E-state index in [0.29, 0.717) is 0 Å². The number of hydrogen-bond acceptors (Lipinski definition) is 5. The van der Waals surface area contributed by atoms with E-state index in [1.54, 1.807) is 29.9 Å². The minimum atomic E-state index is -3.77. The van der Waals surface area contributed by atoms with Gasteiger partial charge in [-0.15, -0.1) is 11.3 Å². The van der Waals surface area contributed by atoms with Crippen molar-refractivity contribution >= 4 is 27.3 Å². The first-order valence-corrected chi connectivity index (χ1v) is 10.7. The Morgan fingerprint density at radius 2 is 1.81 bits per heavy atom. The lowest BCUT2D eigenvalue weighted by molar-refractivity contribution is -0.122. The molecule has 0 bridgehead atoms. The van der Waals surface area contributed by atoms with Crippen LogP contribution in [0.5, 0.6) is 0 Å². The van der Waals surface area contributed by atoms with Crippen molar-refractivity contribution in [1.82, 2.24) is 15.0 Å². The number of rotatable bonds is 8. The fourth-order valence-corrected chi connectivity index (χ4v) is 4.72. The van der Waals surface area contributed by atoms with Gasteiger partial charge in [0.2, 0.25) is 5.91 Å². The fourth-order valence-electron chi connectivity index (χ4n) is 2.51. The molecule has 0 spiro atoms. The average Bonchev–Trinajstić information content (AvgIpc) is 3.23. The van der Waals surface area contributed by atoms with E-state index in [4.69, 9.17) is 0 Å². The maximum absolute atomic E-state index is 12.7. The third-order valence-electron chi connectivity index (χ3n) is 3.85. The molecule has 1 amide bonds. The highest BCUT2D eigenvalue weighted by Crippen LogP contribution is 2.16. The maximum atomic E-state index is 12.7. The lowest BCUT2D eigenvalue weighted by atomic mass is 10.1. The molecule has 1 atom stereocenters. The first-order chi connectivity index (χ1) is 13.0. The van der Waals surface area contributed by atoms with Crippen LogP contribution < -0.4 is 10.0 Å². The Bertz CT molecular complexity index is 960. The van der Waals surface area contributed by atoms with Crippen LogP contribution in [0, 0.1) is 0 Å². The van der Waals surface area contributed by atoms with E-state index < -0.39 is 16.1 Å². The highest BCUT2D eigenvalue weighted by atomic mass is 32.2. The predicted octanol–water partition coefficient (Wildman–Crippen LogP) is 2.35. The SMILES string of the molecule is O=C(NCc1cccnc1)[C@@H](Cc1ccccc1)NS(=O)(=O)c1cccs1. The lowest BCUT2D eigenvalue weighted by Crippen LogP contribution is -2.47. The number of amides is 1. The van der Waals surface area contributed by atoms with Gasteiger partial charge in [0, 0.05) is 18.9 Å². The smallest absolute Gasteiger partial charge is 0.250 e. The van der Waals surface area contributed by atoms with E-state index in [-0.39, 0.29) is 23.1 Å². The second-order valence-corrected chi connectivity index (χ2v) is 8.76. The van der Waals surface area contributed by atoms with Crippen molar-refractivity contribution in [3.8, 4) is 0 Å². The summed E-state index contributed by atoms with van der Waals surface area (Å²) in [6.45, 7) is 0.276. The molecule has 3 aromatic rings. The minimum absolute atomic E-state index is 0.181. The molecule has 0 unspecified atom stereocenters. The Hall–Kier alpha value is -2.55. The summed E-state index contributed by atoms with van der Waals surface area (Å²) in [4.78, 5) is 16.7. The second kappa shape index (κ2) is 8.90. The summed E-state index contributed by atoms with van der Waals surface area (Å²) in [5.74, 6) is -0.386. The number of benzene rings is 1. The molecule has 3 rings (SSSR count). The molecule has 0 fully saturated rings. The number of nitrogens with one attached hydrogen (secondary N) is 2. The van der Waals surface area contributed by atoms with Crippen molar-refractivity contribution in [3.05, 3.63) is 83.5 Å². The van der Waals surface area contributed by atoms with E-state index in [2.05, 4.69) is 15.0 Å². The largest absolute Gasteiger partial charge is 0.351 e. The van der Waals surface area contributed by atoms with Crippen LogP contribution >= 0.6 is 11.3 Å². The van der Waals surface area contributed by atoms with Crippen LogP contribution in [0.4, 0.5) is 0 Å². The number of nitrogens with zero attached hydrogens (tertiary/aromatic N) is 1. The van der Waals surface area contributed by atoms with E-state index in [1.165, 1.54) is 6.07 Å². The Balaban J connectivity index is 1.75. The second-order valence-electron chi connectivity index (χ2n) is 5.87. The molecule has 6 nitrogen and oxygen atoms in total. The zero-order valence-electron chi connectivity index (χ0n) is 14.4. The molecular weight excluding hydrogens is 382 g/mol. The maximum Gasteiger partial charge on any atom is 0.250 e. The van der Waals surface area contributed by atoms with Crippen LogP contribution in [-0.4, -0.2) is 25.4 Å². The van der Waals surface area contributed by atoms with Gasteiger partial charge < -0.3 is 5.32 Å². The summed E-state index contributed by atoms with van der Waals surface area (Å²) in [6.07, 6.45) is 3.56. The Morgan fingerprint density at radius 3 is 2.48 bits per heavy atom. The van der Waals surface area contributed by atoms with Gasteiger partial charge in [-0.1, -0.05) is 42.5 Å². The van der Waals surface area contributed by atoms with Gasteiger partial charge in [-0.05, 0) is 35.1 Å². The van der Waals surface area contributed by atoms with Gasteiger partial charge in [0.15, 0.2) is 0 Å². The number of sulfonamides is 1.